The first-order valence-electron chi connectivity index (χ1n) is 7.29. The summed E-state index contributed by atoms with van der Waals surface area (Å²) in [5.74, 6) is -0.774. The minimum absolute atomic E-state index is 0.143. The third-order valence-electron chi connectivity index (χ3n) is 3.98. The number of hydrogen-bond acceptors (Lipinski definition) is 4. The molecule has 128 valence electrons. The van der Waals surface area contributed by atoms with Crippen molar-refractivity contribution in [3.05, 3.63) is 34.9 Å². The average Bonchev–Trinajstić information content (AvgIpc) is 2.79. The molecular formula is C15H21ClN2O4S. The van der Waals surface area contributed by atoms with Crippen LogP contribution in [0.3, 0.4) is 0 Å². The standard InChI is InChI=1S/C15H21ClN2O4S/c1-17(2)23(21,22)10-12-8-18(9-14(12)19)15(20)7-11-4-3-5-13(16)6-11/h3-6,12,14,19H,7-10H2,1-2H3/t12-,14+/m0/s1. The molecule has 6 nitrogen and oxygen atoms in total. The molecule has 8 heteroatoms. The number of carbonyl (C=O) groups excluding carboxylic acids is 1. The average molecular weight is 361 g/mol. The summed E-state index contributed by atoms with van der Waals surface area (Å²) in [6.07, 6.45) is -0.645. The van der Waals surface area contributed by atoms with Crippen LogP contribution in [0.5, 0.6) is 0 Å². The highest BCUT2D eigenvalue weighted by Gasteiger charge is 2.37. The van der Waals surface area contributed by atoms with Crippen LogP contribution in [-0.4, -0.2) is 67.7 Å². The van der Waals surface area contributed by atoms with Crippen LogP contribution in [0.1, 0.15) is 5.56 Å². The molecule has 1 saturated heterocycles. The number of aliphatic hydroxyl groups excluding tert-OH is 1. The molecule has 23 heavy (non-hydrogen) atoms. The summed E-state index contributed by atoms with van der Waals surface area (Å²) in [6.45, 7) is 0.403. The number of likely N-dealkylation sites (tertiary alicyclic amines) is 1. The molecule has 1 aromatic rings. The summed E-state index contributed by atoms with van der Waals surface area (Å²) in [7, 11) is -0.496. The van der Waals surface area contributed by atoms with Gasteiger partial charge in [0, 0.05) is 38.1 Å². The Morgan fingerprint density at radius 1 is 1.39 bits per heavy atom. The molecule has 2 atom stereocenters. The molecule has 1 aliphatic heterocycles. The Morgan fingerprint density at radius 3 is 2.70 bits per heavy atom. The number of nitrogens with zero attached hydrogens (tertiary/aromatic N) is 2. The van der Waals surface area contributed by atoms with E-state index in [-0.39, 0.29) is 31.2 Å². The number of amides is 1. The van der Waals surface area contributed by atoms with Crippen molar-refractivity contribution in [2.45, 2.75) is 12.5 Å². The lowest BCUT2D eigenvalue weighted by atomic mass is 10.1. The van der Waals surface area contributed by atoms with Gasteiger partial charge in [-0.15, -0.1) is 0 Å². The van der Waals surface area contributed by atoms with Crippen LogP contribution in [0.25, 0.3) is 0 Å². The molecule has 0 radical (unpaired) electrons. The van der Waals surface area contributed by atoms with Gasteiger partial charge in [-0.25, -0.2) is 12.7 Å². The van der Waals surface area contributed by atoms with Gasteiger partial charge in [0.2, 0.25) is 15.9 Å². The SMILES string of the molecule is CN(C)S(=O)(=O)C[C@@H]1CN(C(=O)Cc2cccc(Cl)c2)C[C@H]1O. The van der Waals surface area contributed by atoms with E-state index >= 15 is 0 Å². The lowest BCUT2D eigenvalue weighted by Gasteiger charge is -2.18. The molecule has 1 amide bonds. The normalized spacial score (nSPS) is 21.9. The van der Waals surface area contributed by atoms with Gasteiger partial charge < -0.3 is 10.0 Å². The van der Waals surface area contributed by atoms with Gasteiger partial charge in [0.15, 0.2) is 0 Å². The summed E-state index contributed by atoms with van der Waals surface area (Å²) in [4.78, 5) is 13.8. The van der Waals surface area contributed by atoms with Crippen LogP contribution in [0.2, 0.25) is 5.02 Å². The molecule has 2 rings (SSSR count). The summed E-state index contributed by atoms with van der Waals surface area (Å²) in [6, 6.07) is 7.04. The fraction of sp³-hybridized carbons (Fsp3) is 0.533. The van der Waals surface area contributed by atoms with E-state index < -0.39 is 22.0 Å². The van der Waals surface area contributed by atoms with E-state index in [0.717, 1.165) is 9.87 Å². The van der Waals surface area contributed by atoms with Crippen molar-refractivity contribution in [2.24, 2.45) is 5.92 Å². The summed E-state index contributed by atoms with van der Waals surface area (Å²) in [5.41, 5.74) is 0.793. The first-order valence-corrected chi connectivity index (χ1v) is 9.28. The maximum atomic E-state index is 12.3. The topological polar surface area (TPSA) is 77.9 Å². The zero-order valence-corrected chi connectivity index (χ0v) is 14.7. The summed E-state index contributed by atoms with van der Waals surface area (Å²) in [5, 5.41) is 10.6. The number of benzene rings is 1. The van der Waals surface area contributed by atoms with Crippen LogP contribution in [0.4, 0.5) is 0 Å². The van der Waals surface area contributed by atoms with Gasteiger partial charge in [-0.1, -0.05) is 23.7 Å². The second-order valence-electron chi connectivity index (χ2n) is 5.99. The van der Waals surface area contributed by atoms with Crippen LogP contribution in [-0.2, 0) is 21.2 Å². The van der Waals surface area contributed by atoms with Crippen molar-refractivity contribution in [3.63, 3.8) is 0 Å². The van der Waals surface area contributed by atoms with Gasteiger partial charge in [0.05, 0.1) is 18.3 Å². The molecule has 0 saturated carbocycles. The van der Waals surface area contributed by atoms with E-state index in [1.807, 2.05) is 6.07 Å². The number of β-amino-alcohol motifs (C(OH)–C–C–N with tert-alkyl or cyclic N) is 1. The highest BCUT2D eigenvalue weighted by atomic mass is 35.5. The Morgan fingerprint density at radius 2 is 2.09 bits per heavy atom. The summed E-state index contributed by atoms with van der Waals surface area (Å²) < 4.78 is 25.0. The molecule has 1 heterocycles. The quantitative estimate of drug-likeness (QED) is 0.833. The Labute approximate surface area is 141 Å². The van der Waals surface area contributed by atoms with Crippen molar-refractivity contribution in [2.75, 3.05) is 32.9 Å². The van der Waals surface area contributed by atoms with E-state index in [9.17, 15) is 18.3 Å². The van der Waals surface area contributed by atoms with E-state index in [1.54, 1.807) is 18.2 Å². The van der Waals surface area contributed by atoms with Crippen molar-refractivity contribution in [1.29, 1.82) is 0 Å². The van der Waals surface area contributed by atoms with Gasteiger partial charge >= 0.3 is 0 Å². The second kappa shape index (κ2) is 7.17. The number of aliphatic hydroxyl groups is 1. The lowest BCUT2D eigenvalue weighted by Crippen LogP contribution is -2.34. The first kappa shape index (κ1) is 18.2. The van der Waals surface area contributed by atoms with Crippen molar-refractivity contribution < 1.29 is 18.3 Å². The van der Waals surface area contributed by atoms with E-state index in [1.165, 1.54) is 19.0 Å². The van der Waals surface area contributed by atoms with Crippen molar-refractivity contribution in [3.8, 4) is 0 Å². The molecule has 0 spiro atoms. The number of rotatable bonds is 5. The third kappa shape index (κ3) is 4.67. The lowest BCUT2D eigenvalue weighted by molar-refractivity contribution is -0.129. The smallest absolute Gasteiger partial charge is 0.227 e. The Bertz CT molecular complexity index is 678. The van der Waals surface area contributed by atoms with Crippen LogP contribution >= 0.6 is 11.6 Å². The minimum atomic E-state index is -3.41. The number of hydrogen-bond donors (Lipinski definition) is 1. The molecule has 1 aromatic carbocycles. The van der Waals surface area contributed by atoms with Crippen molar-refractivity contribution >= 4 is 27.5 Å². The molecule has 1 aliphatic rings. The number of carbonyl (C=O) groups is 1. The number of halogens is 1. The second-order valence-corrected chi connectivity index (χ2v) is 8.66. The minimum Gasteiger partial charge on any atom is -0.391 e. The zero-order valence-electron chi connectivity index (χ0n) is 13.1. The Kier molecular flexibility index (Phi) is 5.67. The first-order chi connectivity index (χ1) is 10.7. The Balaban J connectivity index is 1.99. The van der Waals surface area contributed by atoms with Gasteiger partial charge in [0.1, 0.15) is 0 Å². The van der Waals surface area contributed by atoms with Gasteiger partial charge in [-0.3, -0.25) is 4.79 Å². The zero-order chi connectivity index (χ0) is 17.2. The van der Waals surface area contributed by atoms with E-state index in [0.29, 0.717) is 5.02 Å². The predicted octanol–water partition coefficient (Wildman–Crippen LogP) is 0.593. The monoisotopic (exact) mass is 360 g/mol. The fourth-order valence-electron chi connectivity index (χ4n) is 2.57. The van der Waals surface area contributed by atoms with Crippen LogP contribution in [0.15, 0.2) is 24.3 Å². The largest absolute Gasteiger partial charge is 0.391 e. The molecule has 0 bridgehead atoms. The molecule has 1 N–H and O–H groups in total. The molecule has 0 aliphatic carbocycles. The van der Waals surface area contributed by atoms with Crippen molar-refractivity contribution in [1.82, 2.24) is 9.21 Å². The van der Waals surface area contributed by atoms with Gasteiger partial charge in [0.25, 0.3) is 0 Å². The fourth-order valence-corrected chi connectivity index (χ4v) is 3.95. The van der Waals surface area contributed by atoms with Crippen LogP contribution < -0.4 is 0 Å². The molecule has 0 aromatic heterocycles. The molecule has 1 fully saturated rings. The Hall–Kier alpha value is -1.15. The predicted molar refractivity (Wildman–Crippen MR) is 88.7 cm³/mol. The number of sulfonamides is 1. The van der Waals surface area contributed by atoms with Gasteiger partial charge in [-0.05, 0) is 17.7 Å². The maximum Gasteiger partial charge on any atom is 0.227 e. The highest BCUT2D eigenvalue weighted by Crippen LogP contribution is 2.21. The highest BCUT2D eigenvalue weighted by molar-refractivity contribution is 7.89. The van der Waals surface area contributed by atoms with Crippen LogP contribution in [0, 0.1) is 5.92 Å². The maximum absolute atomic E-state index is 12.3. The molecular weight excluding hydrogens is 340 g/mol. The third-order valence-corrected chi connectivity index (χ3v) is 6.18. The van der Waals surface area contributed by atoms with E-state index in [2.05, 4.69) is 0 Å². The van der Waals surface area contributed by atoms with E-state index in [4.69, 9.17) is 11.6 Å². The van der Waals surface area contributed by atoms with Gasteiger partial charge in [-0.2, -0.15) is 0 Å². The summed E-state index contributed by atoms with van der Waals surface area (Å²) >= 11 is 5.90. The molecule has 0 unspecified atom stereocenters.